The first-order valence-corrected chi connectivity index (χ1v) is 9.15. The van der Waals surface area contributed by atoms with Gasteiger partial charge in [-0.1, -0.05) is 0 Å². The molecule has 15 heteroatoms. The van der Waals surface area contributed by atoms with Gasteiger partial charge in [0.2, 0.25) is 11.8 Å². The molecule has 0 aromatic carbocycles. The highest BCUT2D eigenvalue weighted by atomic mass is 16.6. The predicted octanol–water partition coefficient (Wildman–Crippen LogP) is -4.07. The van der Waals surface area contributed by atoms with Gasteiger partial charge in [-0.05, 0) is 6.42 Å². The molecule has 2 rings (SSSR count). The second-order valence-corrected chi connectivity index (χ2v) is 6.83. The number of rotatable bonds is 9. The SMILES string of the molecule is O=C(O)CC[C@H](NC(=O)CNC(=O)[C@H]1O[C@@H](N2CCC(=O)NC2=O)[C@H](O)[C@@H]1O)C(=O)O. The minimum Gasteiger partial charge on any atom is -0.481 e. The van der Waals surface area contributed by atoms with Crippen molar-refractivity contribution in [2.24, 2.45) is 0 Å². The molecule has 0 saturated carbocycles. The molecule has 172 valence electrons. The smallest absolute Gasteiger partial charge is 0.326 e. The zero-order valence-electron chi connectivity index (χ0n) is 16.0. The van der Waals surface area contributed by atoms with Gasteiger partial charge in [0.15, 0.2) is 12.3 Å². The number of imide groups is 1. The first-order valence-electron chi connectivity index (χ1n) is 9.15. The molecule has 0 radical (unpaired) electrons. The summed E-state index contributed by atoms with van der Waals surface area (Å²) >= 11 is 0. The maximum Gasteiger partial charge on any atom is 0.326 e. The number of aliphatic hydroxyl groups excluding tert-OH is 2. The van der Waals surface area contributed by atoms with Gasteiger partial charge < -0.3 is 35.8 Å². The monoisotopic (exact) mass is 446 g/mol. The Balaban J connectivity index is 1.89. The normalized spacial score (nSPS) is 26.7. The summed E-state index contributed by atoms with van der Waals surface area (Å²) in [6.45, 7) is -0.829. The molecule has 2 aliphatic heterocycles. The number of aliphatic hydroxyl groups is 2. The van der Waals surface area contributed by atoms with E-state index >= 15 is 0 Å². The van der Waals surface area contributed by atoms with Crippen molar-refractivity contribution in [3.8, 4) is 0 Å². The summed E-state index contributed by atoms with van der Waals surface area (Å²) in [5, 5.41) is 44.0. The van der Waals surface area contributed by atoms with Crippen molar-refractivity contribution in [3.63, 3.8) is 0 Å². The van der Waals surface area contributed by atoms with Crippen molar-refractivity contribution in [2.75, 3.05) is 13.1 Å². The van der Waals surface area contributed by atoms with Crippen molar-refractivity contribution in [2.45, 2.75) is 49.8 Å². The van der Waals surface area contributed by atoms with E-state index in [-0.39, 0.29) is 19.4 Å². The molecule has 7 N–H and O–H groups in total. The molecule has 0 aromatic rings. The van der Waals surface area contributed by atoms with Crippen LogP contribution in [0.25, 0.3) is 0 Å². The third-order valence-electron chi connectivity index (χ3n) is 4.59. The molecule has 2 aliphatic rings. The van der Waals surface area contributed by atoms with Crippen molar-refractivity contribution in [1.82, 2.24) is 20.9 Å². The van der Waals surface area contributed by atoms with Gasteiger partial charge in [-0.25, -0.2) is 9.59 Å². The fourth-order valence-corrected chi connectivity index (χ4v) is 2.99. The number of carbonyl (C=O) groups is 6. The number of aliphatic carboxylic acids is 2. The highest BCUT2D eigenvalue weighted by Crippen LogP contribution is 2.25. The lowest BCUT2D eigenvalue weighted by Crippen LogP contribution is -2.56. The summed E-state index contributed by atoms with van der Waals surface area (Å²) in [5.74, 6) is -5.20. The standard InChI is InChI=1S/C16H22N4O11/c21-7-3-4-20(16(30)19-7)14-11(26)10(25)12(31-14)13(27)17-5-8(22)18-6(15(28)29)1-2-9(23)24/h6,10-12,14,25-26H,1-5H2,(H,17,27)(H,18,22)(H,23,24)(H,28,29)(H,19,21,30)/t6-,10-,11+,12-,14+/m0/s1. The van der Waals surface area contributed by atoms with Crippen LogP contribution in [0.4, 0.5) is 4.79 Å². The molecule has 5 amide bonds. The highest BCUT2D eigenvalue weighted by molar-refractivity contribution is 5.96. The number of hydrogen-bond acceptors (Lipinski definition) is 9. The average molecular weight is 446 g/mol. The Bertz CT molecular complexity index is 773. The number of nitrogens with zero attached hydrogens (tertiary/aromatic N) is 1. The van der Waals surface area contributed by atoms with E-state index in [1.807, 2.05) is 10.6 Å². The van der Waals surface area contributed by atoms with Gasteiger partial charge in [0, 0.05) is 19.4 Å². The molecule has 0 aliphatic carbocycles. The fourth-order valence-electron chi connectivity index (χ4n) is 2.99. The van der Waals surface area contributed by atoms with E-state index in [9.17, 15) is 39.0 Å². The number of carboxylic acid groups (broad SMARTS) is 2. The molecule has 0 bridgehead atoms. The first kappa shape index (κ1) is 24.0. The van der Waals surface area contributed by atoms with Crippen LogP contribution in [0.1, 0.15) is 19.3 Å². The molecule has 0 unspecified atom stereocenters. The fraction of sp³-hybridized carbons (Fsp3) is 0.625. The van der Waals surface area contributed by atoms with Crippen LogP contribution in [0.5, 0.6) is 0 Å². The molecular formula is C16H22N4O11. The van der Waals surface area contributed by atoms with Crippen molar-refractivity contribution in [3.05, 3.63) is 0 Å². The summed E-state index contributed by atoms with van der Waals surface area (Å²) < 4.78 is 5.26. The Morgan fingerprint density at radius 1 is 1.16 bits per heavy atom. The average Bonchev–Trinajstić information content (AvgIpc) is 2.98. The maximum atomic E-state index is 12.2. The van der Waals surface area contributed by atoms with Gasteiger partial charge in [-0.2, -0.15) is 0 Å². The van der Waals surface area contributed by atoms with E-state index < -0.39 is 79.2 Å². The minimum atomic E-state index is -1.75. The van der Waals surface area contributed by atoms with Gasteiger partial charge >= 0.3 is 18.0 Å². The largest absolute Gasteiger partial charge is 0.481 e. The van der Waals surface area contributed by atoms with Gasteiger partial charge in [0.1, 0.15) is 18.2 Å². The van der Waals surface area contributed by atoms with Gasteiger partial charge in [0.25, 0.3) is 5.91 Å². The van der Waals surface area contributed by atoms with Crippen LogP contribution in [-0.2, 0) is 28.7 Å². The topological polar surface area (TPSA) is 232 Å². The number of carboxylic acids is 2. The zero-order valence-corrected chi connectivity index (χ0v) is 16.0. The number of nitrogens with one attached hydrogen (secondary N) is 3. The van der Waals surface area contributed by atoms with Crippen LogP contribution >= 0.6 is 0 Å². The number of urea groups is 1. The molecule has 31 heavy (non-hydrogen) atoms. The highest BCUT2D eigenvalue weighted by Gasteiger charge is 2.50. The lowest BCUT2D eigenvalue weighted by Gasteiger charge is -2.32. The van der Waals surface area contributed by atoms with Crippen molar-refractivity contribution < 1.29 is 53.9 Å². The number of ether oxygens (including phenoxy) is 1. The number of amides is 5. The van der Waals surface area contributed by atoms with E-state index in [2.05, 4.69) is 5.32 Å². The van der Waals surface area contributed by atoms with E-state index in [1.54, 1.807) is 0 Å². The second kappa shape index (κ2) is 10.1. The van der Waals surface area contributed by atoms with Crippen LogP contribution < -0.4 is 16.0 Å². The van der Waals surface area contributed by atoms with Gasteiger partial charge in [-0.3, -0.25) is 29.4 Å². The van der Waals surface area contributed by atoms with E-state index in [0.717, 1.165) is 4.90 Å². The molecule has 2 fully saturated rings. The van der Waals surface area contributed by atoms with Gasteiger partial charge in [0.05, 0.1) is 6.54 Å². The zero-order chi connectivity index (χ0) is 23.3. The van der Waals surface area contributed by atoms with Crippen LogP contribution in [-0.4, -0.2) is 105 Å². The Hall–Kier alpha value is -3.30. The molecular weight excluding hydrogens is 424 g/mol. The van der Waals surface area contributed by atoms with Crippen LogP contribution in [0.3, 0.4) is 0 Å². The summed E-state index contributed by atoms with van der Waals surface area (Å²) in [4.78, 5) is 69.8. The summed E-state index contributed by atoms with van der Waals surface area (Å²) in [5.41, 5.74) is 0. The van der Waals surface area contributed by atoms with E-state index in [0.29, 0.717) is 0 Å². The van der Waals surface area contributed by atoms with Crippen LogP contribution in [0, 0.1) is 0 Å². The minimum absolute atomic E-state index is 0.0714. The predicted molar refractivity (Wildman–Crippen MR) is 95.0 cm³/mol. The third-order valence-corrected chi connectivity index (χ3v) is 4.59. The Labute approximate surface area is 174 Å². The Morgan fingerprint density at radius 2 is 1.84 bits per heavy atom. The molecule has 2 saturated heterocycles. The molecule has 2 heterocycles. The second-order valence-electron chi connectivity index (χ2n) is 6.83. The summed E-state index contributed by atoms with van der Waals surface area (Å²) in [6.07, 6.45) is -7.43. The third kappa shape index (κ3) is 6.09. The quantitative estimate of drug-likeness (QED) is 0.180. The molecule has 5 atom stereocenters. The molecule has 0 aromatic heterocycles. The Morgan fingerprint density at radius 3 is 2.42 bits per heavy atom. The Kier molecular flexibility index (Phi) is 7.84. The van der Waals surface area contributed by atoms with E-state index in [1.165, 1.54) is 0 Å². The van der Waals surface area contributed by atoms with Gasteiger partial charge in [-0.15, -0.1) is 0 Å². The van der Waals surface area contributed by atoms with E-state index in [4.69, 9.17) is 14.9 Å². The molecule has 15 nitrogen and oxygen atoms in total. The summed E-state index contributed by atoms with van der Waals surface area (Å²) in [6, 6.07) is -2.35. The van der Waals surface area contributed by atoms with Crippen LogP contribution in [0.15, 0.2) is 0 Å². The van der Waals surface area contributed by atoms with Crippen LogP contribution in [0.2, 0.25) is 0 Å². The summed E-state index contributed by atoms with van der Waals surface area (Å²) in [7, 11) is 0. The van der Waals surface area contributed by atoms with Crippen molar-refractivity contribution in [1.29, 1.82) is 0 Å². The lowest BCUT2D eigenvalue weighted by atomic mass is 10.1. The number of hydrogen-bond donors (Lipinski definition) is 7. The number of carbonyl (C=O) groups excluding carboxylic acids is 4. The molecule has 0 spiro atoms. The first-order chi connectivity index (χ1) is 14.5. The lowest BCUT2D eigenvalue weighted by molar-refractivity contribution is -0.143. The van der Waals surface area contributed by atoms with Crippen molar-refractivity contribution >= 4 is 35.7 Å². The maximum absolute atomic E-state index is 12.2.